The second-order valence-corrected chi connectivity index (χ2v) is 8.59. The highest BCUT2D eigenvalue weighted by atomic mass is 16.3. The zero-order chi connectivity index (χ0) is 20.4. The van der Waals surface area contributed by atoms with Crippen LogP contribution in [0.4, 0.5) is 0 Å². The van der Waals surface area contributed by atoms with Crippen LogP contribution in [0, 0.1) is 22.7 Å². The van der Waals surface area contributed by atoms with E-state index < -0.39 is 30.1 Å². The Morgan fingerprint density at radius 2 is 2.07 bits per heavy atom. The van der Waals surface area contributed by atoms with E-state index in [-0.39, 0.29) is 29.4 Å². The van der Waals surface area contributed by atoms with Gasteiger partial charge < -0.3 is 20.4 Å². The van der Waals surface area contributed by atoms with Crippen LogP contribution in [0.2, 0.25) is 0 Å². The minimum Gasteiger partial charge on any atom is -0.396 e. The highest BCUT2D eigenvalue weighted by molar-refractivity contribution is 5.93. The molecule has 7 heteroatoms. The lowest BCUT2D eigenvalue weighted by molar-refractivity contribution is -0.151. The second-order valence-electron chi connectivity index (χ2n) is 8.59. The molecule has 7 N–H and O–H groups in total. The largest absolute Gasteiger partial charge is 0.396 e. The summed E-state index contributed by atoms with van der Waals surface area (Å²) in [5.41, 5.74) is 2.37. The molecule has 0 aromatic heterocycles. The maximum absolute atomic E-state index is 12.0. The van der Waals surface area contributed by atoms with Crippen LogP contribution in [-0.4, -0.2) is 51.8 Å². The van der Waals surface area contributed by atoms with Crippen LogP contribution in [0.25, 0.3) is 0 Å². The number of hydrazine groups is 1. The van der Waals surface area contributed by atoms with Crippen molar-refractivity contribution in [2.75, 3.05) is 13.2 Å². The number of fused-ring (bicyclic) bond motifs is 1. The number of amides is 1. The smallest absolute Gasteiger partial charge is 0.263 e. The first-order valence-electron chi connectivity index (χ1n) is 9.62. The van der Waals surface area contributed by atoms with Gasteiger partial charge in [-0.3, -0.25) is 10.2 Å². The molecule has 2 saturated carbocycles. The highest BCUT2D eigenvalue weighted by Gasteiger charge is 2.57. The van der Waals surface area contributed by atoms with E-state index in [9.17, 15) is 25.2 Å². The van der Waals surface area contributed by atoms with Gasteiger partial charge in [-0.15, -0.1) is 0 Å². The quantitative estimate of drug-likeness (QED) is 0.129. The van der Waals surface area contributed by atoms with Crippen LogP contribution >= 0.6 is 0 Å². The average molecular weight is 383 g/mol. The number of hydrogen-bond acceptors (Lipinski definition) is 6. The van der Waals surface area contributed by atoms with Crippen LogP contribution in [0.15, 0.2) is 23.8 Å². The van der Waals surface area contributed by atoms with E-state index in [1.165, 1.54) is 0 Å². The molecule has 0 aromatic rings. The summed E-state index contributed by atoms with van der Waals surface area (Å²) >= 11 is 0. The lowest BCUT2D eigenvalue weighted by atomic mass is 9.46. The highest BCUT2D eigenvalue weighted by Crippen LogP contribution is 2.61. The van der Waals surface area contributed by atoms with Gasteiger partial charge in [0.05, 0.1) is 19.3 Å². The van der Waals surface area contributed by atoms with Gasteiger partial charge in [0.1, 0.15) is 6.10 Å². The van der Waals surface area contributed by atoms with E-state index in [1.54, 1.807) is 6.08 Å². The molecule has 154 valence electrons. The first-order valence-corrected chi connectivity index (χ1v) is 9.62. The van der Waals surface area contributed by atoms with Crippen molar-refractivity contribution < 1.29 is 25.2 Å². The van der Waals surface area contributed by atoms with Gasteiger partial charge in [-0.05, 0) is 49.4 Å². The summed E-state index contributed by atoms with van der Waals surface area (Å²) in [7, 11) is 0. The Bertz CT molecular complexity index is 607. The van der Waals surface area contributed by atoms with Gasteiger partial charge in [-0.2, -0.15) is 0 Å². The lowest BCUT2D eigenvalue weighted by Crippen LogP contribution is -2.57. The summed E-state index contributed by atoms with van der Waals surface area (Å²) in [6, 6.07) is 0. The van der Waals surface area contributed by atoms with Crippen LogP contribution in [0.3, 0.4) is 0 Å². The van der Waals surface area contributed by atoms with Gasteiger partial charge in [0.2, 0.25) is 0 Å². The molecular formula is C20H34N2O5. The van der Waals surface area contributed by atoms with Gasteiger partial charge in [-0.25, -0.2) is 5.84 Å². The zero-order valence-electron chi connectivity index (χ0n) is 16.3. The van der Waals surface area contributed by atoms with Crippen LogP contribution < -0.4 is 11.3 Å². The van der Waals surface area contributed by atoms with E-state index in [1.807, 2.05) is 12.3 Å². The number of rotatable bonds is 6. The van der Waals surface area contributed by atoms with Crippen LogP contribution in [-0.2, 0) is 4.79 Å². The van der Waals surface area contributed by atoms with E-state index in [0.29, 0.717) is 12.8 Å². The van der Waals surface area contributed by atoms with Crippen molar-refractivity contribution in [1.29, 1.82) is 0 Å². The number of aliphatic hydroxyl groups is 4. The minimum absolute atomic E-state index is 0.0410. The van der Waals surface area contributed by atoms with Crippen molar-refractivity contribution in [3.05, 3.63) is 23.8 Å². The van der Waals surface area contributed by atoms with Crippen molar-refractivity contribution in [2.24, 2.45) is 28.5 Å². The standard InChI is InChI=1S/C20H34N2O5/c1-12-4-7-16-19(2,9-8-17(26)20(16,3)11-24)14(12)6-5-13(15(25)10-23)18(27)22-21/h5,14-17,23-26H,1,4,6-11,21H2,2-3H3,(H,22,27). The molecular weight excluding hydrogens is 348 g/mol. The third-order valence-electron chi connectivity index (χ3n) is 7.19. The second kappa shape index (κ2) is 8.41. The molecule has 2 rings (SSSR count). The molecule has 7 nitrogen and oxygen atoms in total. The van der Waals surface area contributed by atoms with E-state index in [2.05, 4.69) is 13.5 Å². The molecule has 0 radical (unpaired) electrons. The van der Waals surface area contributed by atoms with Crippen LogP contribution in [0.1, 0.15) is 46.0 Å². The van der Waals surface area contributed by atoms with Gasteiger partial charge >= 0.3 is 0 Å². The van der Waals surface area contributed by atoms with Crippen LogP contribution in [0.5, 0.6) is 0 Å². The number of hydrogen-bond donors (Lipinski definition) is 6. The topological polar surface area (TPSA) is 136 Å². The summed E-state index contributed by atoms with van der Waals surface area (Å²) < 4.78 is 0. The Morgan fingerprint density at radius 1 is 1.41 bits per heavy atom. The predicted molar refractivity (Wildman–Crippen MR) is 102 cm³/mol. The molecule has 0 spiro atoms. The molecule has 2 aliphatic rings. The molecule has 0 bridgehead atoms. The maximum atomic E-state index is 12.0. The third kappa shape index (κ3) is 3.84. The summed E-state index contributed by atoms with van der Waals surface area (Å²) in [5, 5.41) is 39.7. The molecule has 0 aromatic carbocycles. The Kier molecular flexibility index (Phi) is 6.86. The van der Waals surface area contributed by atoms with Gasteiger partial charge in [-0.1, -0.05) is 32.1 Å². The minimum atomic E-state index is -1.30. The first-order chi connectivity index (χ1) is 12.7. The fraction of sp³-hybridized carbons (Fsp3) is 0.750. The zero-order valence-corrected chi connectivity index (χ0v) is 16.3. The molecule has 0 aliphatic heterocycles. The molecule has 0 saturated heterocycles. The van der Waals surface area contributed by atoms with E-state index in [4.69, 9.17) is 5.84 Å². The number of aliphatic hydroxyl groups excluding tert-OH is 4. The Morgan fingerprint density at radius 3 is 2.63 bits per heavy atom. The molecule has 27 heavy (non-hydrogen) atoms. The number of carbonyl (C=O) groups excluding carboxylic acids is 1. The van der Waals surface area contributed by atoms with E-state index in [0.717, 1.165) is 24.8 Å². The van der Waals surface area contributed by atoms with Gasteiger partial charge in [0, 0.05) is 11.0 Å². The molecule has 0 heterocycles. The van der Waals surface area contributed by atoms with Crippen molar-refractivity contribution in [3.8, 4) is 0 Å². The lowest BCUT2D eigenvalue weighted by Gasteiger charge is -2.59. The van der Waals surface area contributed by atoms with Crippen molar-refractivity contribution in [3.63, 3.8) is 0 Å². The normalized spacial score (nSPS) is 38.3. The monoisotopic (exact) mass is 382 g/mol. The van der Waals surface area contributed by atoms with Gasteiger partial charge in [0.25, 0.3) is 5.91 Å². The number of allylic oxidation sites excluding steroid dienone is 2. The number of nitrogens with one attached hydrogen (secondary N) is 1. The van der Waals surface area contributed by atoms with Gasteiger partial charge in [0.15, 0.2) is 0 Å². The molecule has 6 unspecified atom stereocenters. The molecule has 6 atom stereocenters. The summed E-state index contributed by atoms with van der Waals surface area (Å²) in [6.45, 7) is 7.72. The average Bonchev–Trinajstić information content (AvgIpc) is 2.66. The fourth-order valence-electron chi connectivity index (χ4n) is 5.44. The summed E-state index contributed by atoms with van der Waals surface area (Å²) in [6.07, 6.45) is 3.32. The SMILES string of the molecule is C=C1CCC2C(C)(CO)C(O)CCC2(C)C1CC=C(C(=O)NN)C(O)CO. The first kappa shape index (κ1) is 22.0. The van der Waals surface area contributed by atoms with Crippen molar-refractivity contribution in [1.82, 2.24) is 5.43 Å². The predicted octanol–water partition coefficient (Wildman–Crippen LogP) is 0.388. The number of nitrogens with two attached hydrogens (primary N) is 1. The van der Waals surface area contributed by atoms with E-state index >= 15 is 0 Å². The fourth-order valence-corrected chi connectivity index (χ4v) is 5.44. The molecule has 1 amide bonds. The summed E-state index contributed by atoms with van der Waals surface area (Å²) in [5.74, 6) is 4.74. The Hall–Kier alpha value is -1.25. The molecule has 2 aliphatic carbocycles. The number of carbonyl (C=O) groups is 1. The third-order valence-corrected chi connectivity index (χ3v) is 7.19. The summed E-state index contributed by atoms with van der Waals surface area (Å²) in [4.78, 5) is 12.0. The van der Waals surface area contributed by atoms with Crippen molar-refractivity contribution in [2.45, 2.75) is 58.2 Å². The maximum Gasteiger partial charge on any atom is 0.263 e. The van der Waals surface area contributed by atoms with Crippen molar-refractivity contribution >= 4 is 5.91 Å². The Balaban J connectivity index is 2.36. The molecule has 2 fully saturated rings. The Labute approximate surface area is 160 Å².